The molecule has 3 aromatic carbocycles. The average Bonchev–Trinajstić information content (AvgIpc) is 2.74. The minimum Gasteiger partial charge on any atom is -0.488 e. The van der Waals surface area contributed by atoms with E-state index in [1.807, 2.05) is 30.3 Å². The lowest BCUT2D eigenvalue weighted by molar-refractivity contribution is -0.112. The first-order chi connectivity index (χ1) is 14.4. The van der Waals surface area contributed by atoms with Crippen LogP contribution in [0.1, 0.15) is 11.1 Å². The minimum absolute atomic E-state index is 0.0827. The van der Waals surface area contributed by atoms with Gasteiger partial charge in [0.15, 0.2) is 0 Å². The van der Waals surface area contributed by atoms with Crippen molar-refractivity contribution in [1.29, 1.82) is 5.26 Å². The van der Waals surface area contributed by atoms with E-state index >= 15 is 0 Å². The Morgan fingerprint density at radius 2 is 1.70 bits per heavy atom. The number of halogens is 3. The van der Waals surface area contributed by atoms with Crippen molar-refractivity contribution < 1.29 is 9.53 Å². The first-order valence-corrected chi connectivity index (χ1v) is 10.3. The Balaban J connectivity index is 1.81. The summed E-state index contributed by atoms with van der Waals surface area (Å²) in [6.07, 6.45) is 1.45. The van der Waals surface area contributed by atoms with Gasteiger partial charge in [-0.1, -0.05) is 51.3 Å². The van der Waals surface area contributed by atoms with Gasteiger partial charge >= 0.3 is 0 Å². The zero-order valence-electron chi connectivity index (χ0n) is 15.5. The van der Waals surface area contributed by atoms with Crippen LogP contribution in [0.25, 0.3) is 6.08 Å². The number of hydrogen-bond acceptors (Lipinski definition) is 3. The van der Waals surface area contributed by atoms with Crippen LogP contribution in [-0.2, 0) is 11.4 Å². The number of carbonyl (C=O) groups is 1. The third kappa shape index (κ3) is 6.11. The van der Waals surface area contributed by atoms with Gasteiger partial charge in [-0.3, -0.25) is 4.79 Å². The quantitative estimate of drug-likeness (QED) is 0.295. The standard InChI is InChI=1S/C23H15BrCl2N2O2/c24-18-3-1-15(2-4-18)14-30-22-10-7-20(26)12-16(22)11-17(13-27)23(29)28-21-8-5-19(25)6-9-21/h1-12H,14H2,(H,28,29)/b17-11+. The van der Waals surface area contributed by atoms with E-state index in [1.54, 1.807) is 42.5 Å². The molecule has 0 spiro atoms. The van der Waals surface area contributed by atoms with Gasteiger partial charge in [-0.05, 0) is 66.2 Å². The normalized spacial score (nSPS) is 10.9. The molecule has 0 heterocycles. The summed E-state index contributed by atoms with van der Waals surface area (Å²) < 4.78 is 6.88. The van der Waals surface area contributed by atoms with E-state index < -0.39 is 5.91 Å². The number of benzene rings is 3. The molecule has 0 fully saturated rings. The number of nitrogens with one attached hydrogen (secondary N) is 1. The van der Waals surface area contributed by atoms with Crippen molar-refractivity contribution in [2.45, 2.75) is 6.61 Å². The summed E-state index contributed by atoms with van der Waals surface area (Å²) in [6.45, 7) is 0.328. The molecule has 1 amide bonds. The van der Waals surface area contributed by atoms with Gasteiger partial charge in [0.1, 0.15) is 24.0 Å². The molecule has 0 aromatic heterocycles. The number of nitrogens with zero attached hydrogens (tertiary/aromatic N) is 1. The van der Waals surface area contributed by atoms with Crippen molar-refractivity contribution >= 4 is 56.8 Å². The summed E-state index contributed by atoms with van der Waals surface area (Å²) >= 11 is 15.4. The predicted octanol–water partition coefficient (Wildman–Crippen LogP) is 6.88. The molecule has 3 aromatic rings. The van der Waals surface area contributed by atoms with E-state index in [4.69, 9.17) is 27.9 Å². The number of hydrogen-bond donors (Lipinski definition) is 1. The lowest BCUT2D eigenvalue weighted by Crippen LogP contribution is -2.13. The van der Waals surface area contributed by atoms with Crippen LogP contribution in [0, 0.1) is 11.3 Å². The van der Waals surface area contributed by atoms with Gasteiger partial charge in [0.25, 0.3) is 5.91 Å². The maximum absolute atomic E-state index is 12.5. The fourth-order valence-corrected chi connectivity index (χ4v) is 3.11. The highest BCUT2D eigenvalue weighted by atomic mass is 79.9. The van der Waals surface area contributed by atoms with Crippen molar-refractivity contribution in [1.82, 2.24) is 0 Å². The van der Waals surface area contributed by atoms with Crippen LogP contribution in [0.5, 0.6) is 5.75 Å². The van der Waals surface area contributed by atoms with Gasteiger partial charge in [0.05, 0.1) is 0 Å². The molecule has 150 valence electrons. The Bertz CT molecular complexity index is 1120. The zero-order valence-corrected chi connectivity index (χ0v) is 18.6. The molecule has 0 saturated carbocycles. The smallest absolute Gasteiger partial charge is 0.266 e. The Kier molecular flexibility index (Phi) is 7.53. The van der Waals surface area contributed by atoms with E-state index in [1.165, 1.54) is 6.08 Å². The Hall–Kier alpha value is -2.78. The van der Waals surface area contributed by atoms with Gasteiger partial charge in [-0.25, -0.2) is 0 Å². The summed E-state index contributed by atoms with van der Waals surface area (Å²) in [4.78, 5) is 12.5. The third-order valence-electron chi connectivity index (χ3n) is 4.05. The van der Waals surface area contributed by atoms with Crippen LogP contribution in [0.2, 0.25) is 10.0 Å². The first-order valence-electron chi connectivity index (χ1n) is 8.80. The summed E-state index contributed by atoms with van der Waals surface area (Å²) in [5.74, 6) is -0.0342. The van der Waals surface area contributed by atoms with Crippen LogP contribution in [-0.4, -0.2) is 5.91 Å². The fraction of sp³-hybridized carbons (Fsp3) is 0.0435. The first kappa shape index (κ1) is 21.9. The lowest BCUT2D eigenvalue weighted by atomic mass is 10.1. The topological polar surface area (TPSA) is 62.1 Å². The molecule has 0 atom stereocenters. The SMILES string of the molecule is N#C/C(=C\c1cc(Cl)ccc1OCc1ccc(Br)cc1)C(=O)Nc1ccc(Cl)cc1. The second kappa shape index (κ2) is 10.3. The minimum atomic E-state index is -0.543. The number of carbonyl (C=O) groups excluding carboxylic acids is 1. The van der Waals surface area contributed by atoms with Crippen molar-refractivity contribution in [3.63, 3.8) is 0 Å². The second-order valence-corrected chi connectivity index (χ2v) is 8.02. The summed E-state index contributed by atoms with van der Waals surface area (Å²) in [7, 11) is 0. The zero-order chi connectivity index (χ0) is 21.5. The summed E-state index contributed by atoms with van der Waals surface area (Å²) in [5.41, 5.74) is 1.95. The van der Waals surface area contributed by atoms with Crippen molar-refractivity contribution in [2.75, 3.05) is 5.32 Å². The van der Waals surface area contributed by atoms with Gasteiger partial charge in [-0.2, -0.15) is 5.26 Å². The van der Waals surface area contributed by atoms with Crippen molar-refractivity contribution in [3.05, 3.63) is 97.9 Å². The molecule has 30 heavy (non-hydrogen) atoms. The Labute approximate surface area is 192 Å². The number of anilines is 1. The molecule has 1 N–H and O–H groups in total. The molecule has 0 unspecified atom stereocenters. The molecule has 0 saturated heterocycles. The molecule has 0 bridgehead atoms. The molecule has 0 radical (unpaired) electrons. The number of rotatable bonds is 6. The van der Waals surface area contributed by atoms with Gasteiger partial charge in [0, 0.05) is 25.8 Å². The number of nitriles is 1. The maximum Gasteiger partial charge on any atom is 0.266 e. The van der Waals surface area contributed by atoms with E-state index in [0.29, 0.717) is 33.7 Å². The van der Waals surface area contributed by atoms with E-state index in [0.717, 1.165) is 10.0 Å². The van der Waals surface area contributed by atoms with Crippen LogP contribution < -0.4 is 10.1 Å². The Morgan fingerprint density at radius 1 is 1.03 bits per heavy atom. The molecule has 0 aliphatic heterocycles. The molecule has 0 aliphatic rings. The average molecular weight is 502 g/mol. The highest BCUT2D eigenvalue weighted by Gasteiger charge is 2.12. The van der Waals surface area contributed by atoms with E-state index in [-0.39, 0.29) is 5.57 Å². The van der Waals surface area contributed by atoms with Crippen LogP contribution in [0.15, 0.2) is 76.8 Å². The molecule has 0 aliphatic carbocycles. The second-order valence-electron chi connectivity index (χ2n) is 6.23. The molecule has 4 nitrogen and oxygen atoms in total. The van der Waals surface area contributed by atoms with Crippen LogP contribution in [0.4, 0.5) is 5.69 Å². The van der Waals surface area contributed by atoms with E-state index in [2.05, 4.69) is 21.2 Å². The number of ether oxygens (including phenoxy) is 1. The predicted molar refractivity (Wildman–Crippen MR) is 124 cm³/mol. The van der Waals surface area contributed by atoms with Gasteiger partial charge in [0.2, 0.25) is 0 Å². The molecular formula is C23H15BrCl2N2O2. The summed E-state index contributed by atoms with van der Waals surface area (Å²) in [6, 6.07) is 21.3. The highest BCUT2D eigenvalue weighted by Crippen LogP contribution is 2.27. The maximum atomic E-state index is 12.5. The summed E-state index contributed by atoms with van der Waals surface area (Å²) in [5, 5.41) is 13.2. The van der Waals surface area contributed by atoms with Crippen molar-refractivity contribution in [2.24, 2.45) is 0 Å². The van der Waals surface area contributed by atoms with Crippen LogP contribution in [0.3, 0.4) is 0 Å². The van der Waals surface area contributed by atoms with Gasteiger partial charge < -0.3 is 10.1 Å². The molecule has 7 heteroatoms. The monoisotopic (exact) mass is 500 g/mol. The molecular weight excluding hydrogens is 487 g/mol. The largest absolute Gasteiger partial charge is 0.488 e. The van der Waals surface area contributed by atoms with Crippen LogP contribution >= 0.6 is 39.1 Å². The third-order valence-corrected chi connectivity index (χ3v) is 5.06. The van der Waals surface area contributed by atoms with Gasteiger partial charge in [-0.15, -0.1) is 0 Å². The van der Waals surface area contributed by atoms with E-state index in [9.17, 15) is 10.1 Å². The Morgan fingerprint density at radius 3 is 2.37 bits per heavy atom. The lowest BCUT2D eigenvalue weighted by Gasteiger charge is -2.11. The number of amides is 1. The molecule has 3 rings (SSSR count). The fourth-order valence-electron chi connectivity index (χ4n) is 2.54. The highest BCUT2D eigenvalue weighted by molar-refractivity contribution is 9.10. The van der Waals surface area contributed by atoms with Crippen molar-refractivity contribution in [3.8, 4) is 11.8 Å².